The summed E-state index contributed by atoms with van der Waals surface area (Å²) in [6.45, 7) is 1.95. The number of fused-ring (bicyclic) bond motifs is 1. The maximum Gasteiger partial charge on any atom is 0.161 e. The number of benzene rings is 2. The highest BCUT2D eigenvalue weighted by molar-refractivity contribution is 5.96. The van der Waals surface area contributed by atoms with Gasteiger partial charge in [0.25, 0.3) is 0 Å². The predicted molar refractivity (Wildman–Crippen MR) is 143 cm³/mol. The molecular formula is C28H27N7O2. The molecule has 2 aromatic carbocycles. The van der Waals surface area contributed by atoms with E-state index in [-0.39, 0.29) is 0 Å². The molecule has 0 amide bonds. The zero-order valence-electron chi connectivity index (χ0n) is 20.4. The molecule has 3 aromatic heterocycles. The second-order valence-corrected chi connectivity index (χ2v) is 8.37. The van der Waals surface area contributed by atoms with Gasteiger partial charge in [0.15, 0.2) is 11.5 Å². The first-order chi connectivity index (χ1) is 18.3. The quantitative estimate of drug-likeness (QED) is 0.195. The molecule has 0 atom stereocenters. The van der Waals surface area contributed by atoms with Crippen molar-refractivity contribution in [3.63, 3.8) is 0 Å². The van der Waals surface area contributed by atoms with Crippen LogP contribution in [-0.2, 0) is 6.42 Å². The summed E-state index contributed by atoms with van der Waals surface area (Å²) in [5.74, 6) is 1.26. The first kappa shape index (κ1) is 23.9. The minimum absolute atomic E-state index is 0.449. The molecule has 0 fully saturated rings. The first-order valence-corrected chi connectivity index (χ1v) is 12.0. The lowest BCUT2D eigenvalue weighted by molar-refractivity contribution is 0.293. The third-order valence-electron chi connectivity index (χ3n) is 6.04. The predicted octanol–water partition coefficient (Wildman–Crippen LogP) is 4.79. The third kappa shape index (κ3) is 5.39. The molecular weight excluding hydrogens is 466 g/mol. The van der Waals surface area contributed by atoms with Crippen LogP contribution in [-0.4, -0.2) is 46.7 Å². The summed E-state index contributed by atoms with van der Waals surface area (Å²) < 4.78 is 11.6. The Balaban J connectivity index is 1.36. The zero-order valence-corrected chi connectivity index (χ0v) is 20.4. The van der Waals surface area contributed by atoms with Gasteiger partial charge in [0, 0.05) is 66.5 Å². The second-order valence-electron chi connectivity index (χ2n) is 8.37. The molecule has 0 aliphatic heterocycles. The van der Waals surface area contributed by atoms with Crippen molar-refractivity contribution < 1.29 is 9.47 Å². The van der Waals surface area contributed by atoms with Crippen molar-refractivity contribution in [2.24, 2.45) is 0 Å². The Morgan fingerprint density at radius 3 is 2.86 bits per heavy atom. The summed E-state index contributed by atoms with van der Waals surface area (Å²) in [5, 5.41) is 17.7. The largest absolute Gasteiger partial charge is 0.493 e. The molecule has 5 rings (SSSR count). The highest BCUT2D eigenvalue weighted by atomic mass is 16.5. The Labute approximate surface area is 214 Å². The molecule has 4 N–H and O–H groups in total. The summed E-state index contributed by atoms with van der Waals surface area (Å²) in [7, 11) is 1.62. The van der Waals surface area contributed by atoms with Crippen LogP contribution in [0.25, 0.3) is 22.0 Å². The maximum atomic E-state index is 9.83. The number of imidazole rings is 1. The number of methoxy groups -OCH3 is 1. The molecule has 9 nitrogen and oxygen atoms in total. The van der Waals surface area contributed by atoms with E-state index in [2.05, 4.69) is 36.6 Å². The van der Waals surface area contributed by atoms with E-state index in [0.717, 1.165) is 46.4 Å². The highest BCUT2D eigenvalue weighted by Crippen LogP contribution is 2.38. The van der Waals surface area contributed by atoms with E-state index in [1.54, 1.807) is 25.8 Å². The standard InChI is InChI=1S/C28H27N7O2/c1-36-26-6-5-19(13-27(26)37-12-11-30-9-7-21-16-32-18-34-21)23-17-31-15-20(14-29)28(23)35-25-4-2-3-24-22(25)8-10-33-24/h2-6,8,10,13,15-18,30,33H,7,9,11-12H2,1H3,(H,31,35)(H,32,34). The third-order valence-corrected chi connectivity index (χ3v) is 6.04. The van der Waals surface area contributed by atoms with E-state index in [9.17, 15) is 5.26 Å². The zero-order chi connectivity index (χ0) is 25.5. The number of nitrogens with one attached hydrogen (secondary N) is 4. The van der Waals surface area contributed by atoms with Gasteiger partial charge < -0.3 is 30.1 Å². The van der Waals surface area contributed by atoms with Gasteiger partial charge in [0.05, 0.1) is 30.4 Å². The minimum atomic E-state index is 0.449. The van der Waals surface area contributed by atoms with Gasteiger partial charge in [0.2, 0.25) is 0 Å². The number of nitrogens with zero attached hydrogens (tertiary/aromatic N) is 3. The molecule has 0 saturated carbocycles. The molecule has 0 spiro atoms. The number of aromatic amines is 2. The summed E-state index contributed by atoms with van der Waals surface area (Å²) in [6, 6.07) is 16.0. The summed E-state index contributed by atoms with van der Waals surface area (Å²) >= 11 is 0. The average Bonchev–Trinajstić information content (AvgIpc) is 3.63. The van der Waals surface area contributed by atoms with Crippen LogP contribution in [0.4, 0.5) is 11.4 Å². The summed E-state index contributed by atoms with van der Waals surface area (Å²) in [4.78, 5) is 14.7. The van der Waals surface area contributed by atoms with Gasteiger partial charge in [-0.3, -0.25) is 4.98 Å². The van der Waals surface area contributed by atoms with Gasteiger partial charge in [-0.2, -0.15) is 5.26 Å². The van der Waals surface area contributed by atoms with Crippen LogP contribution in [0.5, 0.6) is 11.5 Å². The number of hydrogen-bond donors (Lipinski definition) is 4. The lowest BCUT2D eigenvalue weighted by Crippen LogP contribution is -2.23. The fraction of sp³-hybridized carbons (Fsp3) is 0.179. The average molecular weight is 494 g/mol. The fourth-order valence-corrected chi connectivity index (χ4v) is 4.19. The lowest BCUT2D eigenvalue weighted by Gasteiger charge is -2.16. The SMILES string of the molecule is COc1ccc(-c2cncc(C#N)c2Nc2cccc3[nH]ccc23)cc1OCCNCCc1c[nH]cn1. The van der Waals surface area contributed by atoms with Crippen LogP contribution in [0, 0.1) is 11.3 Å². The molecule has 0 aliphatic rings. The van der Waals surface area contributed by atoms with Gasteiger partial charge in [0.1, 0.15) is 12.7 Å². The van der Waals surface area contributed by atoms with E-state index in [1.165, 1.54) is 0 Å². The summed E-state index contributed by atoms with van der Waals surface area (Å²) in [6.07, 6.45) is 9.64. The number of nitriles is 1. The van der Waals surface area contributed by atoms with Crippen LogP contribution in [0.15, 0.2) is 73.6 Å². The van der Waals surface area contributed by atoms with E-state index in [0.29, 0.717) is 35.9 Å². The molecule has 0 unspecified atom stereocenters. The lowest BCUT2D eigenvalue weighted by atomic mass is 10.0. The highest BCUT2D eigenvalue weighted by Gasteiger charge is 2.15. The normalized spacial score (nSPS) is 10.8. The van der Waals surface area contributed by atoms with E-state index in [1.807, 2.05) is 54.9 Å². The number of aromatic nitrogens is 4. The number of hydrogen-bond acceptors (Lipinski definition) is 7. The number of pyridine rings is 1. The van der Waals surface area contributed by atoms with Crippen LogP contribution >= 0.6 is 0 Å². The van der Waals surface area contributed by atoms with Crippen molar-refractivity contribution in [3.8, 4) is 28.7 Å². The minimum Gasteiger partial charge on any atom is -0.493 e. The van der Waals surface area contributed by atoms with E-state index < -0.39 is 0 Å². The number of anilines is 2. The molecule has 37 heavy (non-hydrogen) atoms. The van der Waals surface area contributed by atoms with Gasteiger partial charge >= 0.3 is 0 Å². The van der Waals surface area contributed by atoms with E-state index >= 15 is 0 Å². The number of H-pyrrole nitrogens is 2. The molecule has 9 heteroatoms. The molecule has 5 aromatic rings. The van der Waals surface area contributed by atoms with Crippen molar-refractivity contribution in [1.82, 2.24) is 25.3 Å². The maximum absolute atomic E-state index is 9.83. The topological polar surface area (TPSA) is 124 Å². The molecule has 0 radical (unpaired) electrons. The van der Waals surface area contributed by atoms with Crippen LogP contribution in [0.2, 0.25) is 0 Å². The number of ether oxygens (including phenoxy) is 2. The second kappa shape index (κ2) is 11.3. The van der Waals surface area contributed by atoms with Crippen molar-refractivity contribution in [1.29, 1.82) is 5.26 Å². The van der Waals surface area contributed by atoms with Crippen molar-refractivity contribution in [2.45, 2.75) is 6.42 Å². The van der Waals surface area contributed by atoms with Crippen molar-refractivity contribution in [3.05, 3.63) is 84.8 Å². The molecule has 0 bridgehead atoms. The molecule has 0 saturated heterocycles. The first-order valence-electron chi connectivity index (χ1n) is 12.0. The fourth-order valence-electron chi connectivity index (χ4n) is 4.19. The monoisotopic (exact) mass is 493 g/mol. The number of rotatable bonds is 11. The van der Waals surface area contributed by atoms with Crippen molar-refractivity contribution in [2.75, 3.05) is 32.1 Å². The van der Waals surface area contributed by atoms with Gasteiger partial charge in [-0.15, -0.1) is 0 Å². The van der Waals surface area contributed by atoms with Crippen molar-refractivity contribution >= 4 is 22.3 Å². The van der Waals surface area contributed by atoms with Crippen LogP contribution < -0.4 is 20.1 Å². The Kier molecular flexibility index (Phi) is 7.29. The Morgan fingerprint density at radius 1 is 1.08 bits per heavy atom. The molecule has 3 heterocycles. The van der Waals surface area contributed by atoms with Gasteiger partial charge in [-0.25, -0.2) is 4.98 Å². The van der Waals surface area contributed by atoms with Gasteiger partial charge in [-0.1, -0.05) is 12.1 Å². The van der Waals surface area contributed by atoms with Crippen LogP contribution in [0.3, 0.4) is 0 Å². The van der Waals surface area contributed by atoms with Crippen LogP contribution in [0.1, 0.15) is 11.3 Å². The van der Waals surface area contributed by atoms with E-state index in [4.69, 9.17) is 9.47 Å². The van der Waals surface area contributed by atoms with Gasteiger partial charge in [-0.05, 0) is 35.9 Å². The Bertz CT molecular complexity index is 1520. The Morgan fingerprint density at radius 2 is 2.03 bits per heavy atom. The molecule has 0 aliphatic carbocycles. The summed E-state index contributed by atoms with van der Waals surface area (Å²) in [5.41, 5.74) is 5.71. The molecule has 186 valence electrons. The smallest absolute Gasteiger partial charge is 0.161 e. The Hall–Kier alpha value is -4.81.